The van der Waals surface area contributed by atoms with Crippen LogP contribution in [0.25, 0.3) is 0 Å². The van der Waals surface area contributed by atoms with Gasteiger partial charge in [0, 0.05) is 29.3 Å². The number of nitrogens with zero attached hydrogens (tertiary/aromatic N) is 2. The fraction of sp³-hybridized carbons (Fsp3) is 0.636. The van der Waals surface area contributed by atoms with E-state index in [0.717, 1.165) is 0 Å². The summed E-state index contributed by atoms with van der Waals surface area (Å²) in [5.41, 5.74) is -0.0351. The van der Waals surface area contributed by atoms with Crippen LogP contribution in [-0.4, -0.2) is 57.6 Å². The van der Waals surface area contributed by atoms with E-state index >= 15 is 0 Å². The number of hydrogen-bond acceptors (Lipinski definition) is 5. The van der Waals surface area contributed by atoms with E-state index in [4.69, 9.17) is 5.11 Å². The van der Waals surface area contributed by atoms with Gasteiger partial charge < -0.3 is 5.11 Å². The van der Waals surface area contributed by atoms with E-state index in [-0.39, 0.29) is 21.8 Å². The summed E-state index contributed by atoms with van der Waals surface area (Å²) in [7, 11) is -3.89. The summed E-state index contributed by atoms with van der Waals surface area (Å²) in [6.45, 7) is 6.13. The predicted molar refractivity (Wildman–Crippen MR) is 75.6 cm³/mol. The van der Waals surface area contributed by atoms with Crippen molar-refractivity contribution in [2.45, 2.75) is 36.3 Å². The fourth-order valence-electron chi connectivity index (χ4n) is 2.29. The van der Waals surface area contributed by atoms with Crippen molar-refractivity contribution >= 4 is 27.8 Å². The zero-order valence-electron chi connectivity index (χ0n) is 11.5. The van der Waals surface area contributed by atoms with Crippen molar-refractivity contribution in [3.63, 3.8) is 0 Å². The Morgan fingerprint density at radius 3 is 2.45 bits per heavy atom. The van der Waals surface area contributed by atoms with E-state index in [9.17, 15) is 13.2 Å². The molecule has 0 radical (unpaired) electrons. The highest BCUT2D eigenvalue weighted by molar-refractivity contribution is 8.00. The van der Waals surface area contributed by atoms with Gasteiger partial charge in [-0.2, -0.15) is 21.2 Å². The van der Waals surface area contributed by atoms with Crippen LogP contribution in [0.15, 0.2) is 5.03 Å². The number of aryl methyl sites for hydroxylation is 1. The van der Waals surface area contributed by atoms with Crippen LogP contribution in [0.2, 0.25) is 0 Å². The third-order valence-electron chi connectivity index (χ3n) is 3.10. The van der Waals surface area contributed by atoms with Crippen molar-refractivity contribution in [2.24, 2.45) is 0 Å². The Balaban J connectivity index is 2.43. The summed E-state index contributed by atoms with van der Waals surface area (Å²) in [5, 5.41) is 15.2. The normalized spacial score (nSPS) is 24.8. The summed E-state index contributed by atoms with van der Waals surface area (Å²) in [6.07, 6.45) is 0. The van der Waals surface area contributed by atoms with Gasteiger partial charge in [0.1, 0.15) is 5.56 Å². The minimum absolute atomic E-state index is 0.168. The number of nitrogens with one attached hydrogen (secondary N) is 1. The average molecular weight is 319 g/mol. The second kappa shape index (κ2) is 5.38. The summed E-state index contributed by atoms with van der Waals surface area (Å²) < 4.78 is 26.5. The molecular formula is C11H17N3O4S2. The number of carboxylic acid groups (broad SMARTS) is 1. The van der Waals surface area contributed by atoms with Crippen LogP contribution in [0.1, 0.15) is 29.9 Å². The highest BCUT2D eigenvalue weighted by Crippen LogP contribution is 2.29. The van der Waals surface area contributed by atoms with Gasteiger partial charge in [0.2, 0.25) is 5.03 Å². The number of aromatic amines is 1. The van der Waals surface area contributed by atoms with E-state index in [0.29, 0.717) is 13.1 Å². The first-order chi connectivity index (χ1) is 9.23. The maximum atomic E-state index is 12.6. The molecule has 0 amide bonds. The number of sulfonamides is 1. The molecule has 0 aromatic carbocycles. The van der Waals surface area contributed by atoms with Gasteiger partial charge in [-0.05, 0) is 6.92 Å². The lowest BCUT2D eigenvalue weighted by molar-refractivity contribution is 0.0691. The largest absolute Gasteiger partial charge is 0.478 e. The summed E-state index contributed by atoms with van der Waals surface area (Å²) in [4.78, 5) is 11.2. The summed E-state index contributed by atoms with van der Waals surface area (Å²) in [6, 6.07) is 0. The Morgan fingerprint density at radius 2 is 1.95 bits per heavy atom. The molecule has 2 atom stereocenters. The van der Waals surface area contributed by atoms with E-state index in [1.54, 1.807) is 11.8 Å². The number of rotatable bonds is 3. The van der Waals surface area contributed by atoms with Gasteiger partial charge in [-0.15, -0.1) is 0 Å². The van der Waals surface area contributed by atoms with Crippen LogP contribution in [0.3, 0.4) is 0 Å². The van der Waals surface area contributed by atoms with Crippen LogP contribution in [0.4, 0.5) is 0 Å². The highest BCUT2D eigenvalue weighted by atomic mass is 32.2. The van der Waals surface area contributed by atoms with Crippen molar-refractivity contribution < 1.29 is 18.3 Å². The third-order valence-corrected chi connectivity index (χ3v) is 6.09. The molecule has 2 heterocycles. The molecule has 1 fully saturated rings. The lowest BCUT2D eigenvalue weighted by Gasteiger charge is -2.33. The minimum Gasteiger partial charge on any atom is -0.478 e. The Labute approximate surface area is 121 Å². The first-order valence-corrected chi connectivity index (χ1v) is 8.55. The molecule has 20 heavy (non-hydrogen) atoms. The average Bonchev–Trinajstić information content (AvgIpc) is 2.70. The number of carbonyl (C=O) groups is 1. The van der Waals surface area contributed by atoms with Gasteiger partial charge in [-0.25, -0.2) is 13.2 Å². The Bertz CT molecular complexity index is 616. The molecule has 1 aliphatic heterocycles. The van der Waals surface area contributed by atoms with Crippen molar-refractivity contribution in [1.29, 1.82) is 0 Å². The Morgan fingerprint density at radius 1 is 1.40 bits per heavy atom. The molecule has 0 saturated carbocycles. The van der Waals surface area contributed by atoms with E-state index in [2.05, 4.69) is 10.2 Å². The molecule has 112 valence electrons. The van der Waals surface area contributed by atoms with Gasteiger partial charge in [-0.1, -0.05) is 13.8 Å². The van der Waals surface area contributed by atoms with Gasteiger partial charge in [0.15, 0.2) is 0 Å². The topological polar surface area (TPSA) is 103 Å². The van der Waals surface area contributed by atoms with Crippen molar-refractivity contribution in [3.8, 4) is 0 Å². The van der Waals surface area contributed by atoms with Crippen LogP contribution in [-0.2, 0) is 10.0 Å². The first-order valence-electron chi connectivity index (χ1n) is 6.17. The number of thioether (sulfide) groups is 1. The quantitative estimate of drug-likeness (QED) is 0.859. The number of aromatic carboxylic acids is 1. The molecular weight excluding hydrogens is 302 g/mol. The van der Waals surface area contributed by atoms with Gasteiger partial charge in [0.05, 0.1) is 0 Å². The fourth-order valence-corrected chi connectivity index (χ4v) is 5.55. The molecule has 7 nitrogen and oxygen atoms in total. The second-order valence-electron chi connectivity index (χ2n) is 4.91. The van der Waals surface area contributed by atoms with Crippen LogP contribution >= 0.6 is 11.8 Å². The molecule has 0 bridgehead atoms. The molecule has 1 aliphatic rings. The molecule has 1 aromatic rings. The number of H-pyrrole nitrogens is 1. The maximum Gasteiger partial charge on any atom is 0.340 e. The number of hydrogen-bond donors (Lipinski definition) is 2. The van der Waals surface area contributed by atoms with E-state index in [1.807, 2.05) is 13.8 Å². The van der Waals surface area contributed by atoms with Gasteiger partial charge in [0.25, 0.3) is 10.0 Å². The predicted octanol–water partition coefficient (Wildman–Crippen LogP) is 0.931. The first kappa shape index (κ1) is 15.3. The lowest BCUT2D eigenvalue weighted by atomic mass is 10.3. The molecule has 2 rings (SSSR count). The lowest BCUT2D eigenvalue weighted by Crippen LogP contribution is -2.44. The summed E-state index contributed by atoms with van der Waals surface area (Å²) in [5.74, 6) is -1.29. The monoisotopic (exact) mass is 319 g/mol. The minimum atomic E-state index is -3.89. The molecule has 0 spiro atoms. The number of aromatic nitrogens is 2. The molecule has 9 heteroatoms. The van der Waals surface area contributed by atoms with Gasteiger partial charge >= 0.3 is 5.97 Å². The van der Waals surface area contributed by atoms with Crippen LogP contribution in [0, 0.1) is 6.92 Å². The Hall–Kier alpha value is -1.06. The van der Waals surface area contributed by atoms with Crippen LogP contribution in [0.5, 0.6) is 0 Å². The number of carboxylic acids is 1. The Kier molecular flexibility index (Phi) is 4.12. The molecule has 1 aromatic heterocycles. The zero-order chi connectivity index (χ0) is 15.1. The van der Waals surface area contributed by atoms with Crippen molar-refractivity contribution in [2.75, 3.05) is 13.1 Å². The smallest absolute Gasteiger partial charge is 0.340 e. The third kappa shape index (κ3) is 2.70. The maximum absolute atomic E-state index is 12.6. The van der Waals surface area contributed by atoms with E-state index < -0.39 is 21.0 Å². The SMILES string of the molecule is Cc1[nH]nc(S(=O)(=O)N2CC(C)SC(C)C2)c1C(=O)O. The van der Waals surface area contributed by atoms with Crippen LogP contribution < -0.4 is 0 Å². The molecule has 2 unspecified atom stereocenters. The van der Waals surface area contributed by atoms with Gasteiger partial charge in [-0.3, -0.25) is 5.10 Å². The highest BCUT2D eigenvalue weighted by Gasteiger charge is 2.37. The van der Waals surface area contributed by atoms with E-state index in [1.165, 1.54) is 11.2 Å². The van der Waals surface area contributed by atoms with Crippen molar-refractivity contribution in [3.05, 3.63) is 11.3 Å². The molecule has 0 aliphatic carbocycles. The van der Waals surface area contributed by atoms with Crippen molar-refractivity contribution in [1.82, 2.24) is 14.5 Å². The molecule has 2 N–H and O–H groups in total. The second-order valence-corrected chi connectivity index (χ2v) is 8.65. The zero-order valence-corrected chi connectivity index (χ0v) is 13.1. The molecule has 1 saturated heterocycles. The summed E-state index contributed by atoms with van der Waals surface area (Å²) >= 11 is 1.72. The standard InChI is InChI=1S/C11H17N3O4S2/c1-6-4-14(5-7(2)19-6)20(17,18)10-9(11(15)16)8(3)12-13-10/h6-7H,4-5H2,1-3H3,(H,12,13)(H,15,16).